The molecule has 9 heteroatoms. The molecule has 0 aliphatic carbocycles. The molecule has 0 bridgehead atoms. The van der Waals surface area contributed by atoms with E-state index in [1.54, 1.807) is 0 Å². The van der Waals surface area contributed by atoms with E-state index in [-0.39, 0.29) is 0 Å². The van der Waals surface area contributed by atoms with E-state index in [2.05, 4.69) is 66.5 Å². The van der Waals surface area contributed by atoms with Crippen LogP contribution in [0, 0.1) is 0 Å². The van der Waals surface area contributed by atoms with Crippen molar-refractivity contribution in [3.05, 3.63) is 48.3 Å². The van der Waals surface area contributed by atoms with Crippen LogP contribution >= 0.6 is 0 Å². The molecule has 0 saturated carbocycles. The second-order valence-corrected chi connectivity index (χ2v) is 10.2. The van der Waals surface area contributed by atoms with Crippen LogP contribution in [0.25, 0.3) is 0 Å². The fourth-order valence-corrected chi connectivity index (χ4v) is 1.65. The van der Waals surface area contributed by atoms with E-state index in [1.165, 1.54) is 5.56 Å². The summed E-state index contributed by atoms with van der Waals surface area (Å²) in [5.74, 6) is 0. The van der Waals surface area contributed by atoms with Gasteiger partial charge in [-0.15, -0.1) is 0 Å². The summed E-state index contributed by atoms with van der Waals surface area (Å²) in [6, 6.07) is 10.6. The normalized spacial score (nSPS) is 21.4. The molecule has 0 radical (unpaired) electrons. The number of nitrogens with zero attached hydrogens (tertiary/aromatic N) is 2. The van der Waals surface area contributed by atoms with Crippen LogP contribution in [0.15, 0.2) is 42.7 Å². The third-order valence-electron chi connectivity index (χ3n) is 2.77. The zero-order chi connectivity index (χ0) is 16.4. The third-order valence-corrected chi connectivity index (χ3v) is 2.77. The Balaban J connectivity index is 0.000000270. The monoisotopic (exact) mass is 423 g/mol. The van der Waals surface area contributed by atoms with Crippen LogP contribution in [0.1, 0.15) is 12.5 Å². The van der Waals surface area contributed by atoms with Gasteiger partial charge >= 0.3 is 36.4 Å². The fourth-order valence-electron chi connectivity index (χ4n) is 1.65. The molecule has 21 heavy (non-hydrogen) atoms. The van der Waals surface area contributed by atoms with Gasteiger partial charge in [-0.05, 0) is 12.5 Å². The van der Waals surface area contributed by atoms with Gasteiger partial charge in [-0.2, -0.15) is 0 Å². The Morgan fingerprint density at radius 3 is 1.81 bits per heavy atom. The Morgan fingerprint density at radius 2 is 1.43 bits per heavy atom. The summed E-state index contributed by atoms with van der Waals surface area (Å²) in [5.41, 5.74) is 1.36. The molecule has 0 spiro atoms. The predicted molar refractivity (Wildman–Crippen MR) is 70.8 cm³/mol. The number of hydrogen-bond acceptors (Lipinski definition) is 2. The number of halogens is 6. The molecule has 1 aliphatic heterocycles. The van der Waals surface area contributed by atoms with Crippen molar-refractivity contribution < 1.29 is 16.9 Å². The molecule has 1 aliphatic rings. The first-order valence-electron chi connectivity index (χ1n) is 5.99. The molecule has 0 aromatic heterocycles. The maximum absolute atomic E-state index is 11.2. The molecule has 1 aromatic rings. The zero-order valence-electron chi connectivity index (χ0n) is 11.4. The first-order chi connectivity index (χ1) is 9.22. The van der Waals surface area contributed by atoms with Crippen molar-refractivity contribution in [3.63, 3.8) is 0 Å². The van der Waals surface area contributed by atoms with Gasteiger partial charge in [0.15, 0.2) is 0 Å². The Labute approximate surface area is 121 Å². The molecular formula is C12H16F6N2Sb-. The van der Waals surface area contributed by atoms with E-state index in [9.17, 15) is 16.9 Å². The van der Waals surface area contributed by atoms with Gasteiger partial charge in [-0.1, -0.05) is 30.3 Å². The molecule has 0 N–H and O–H groups in total. The van der Waals surface area contributed by atoms with Gasteiger partial charge in [-0.3, -0.25) is 0 Å². The standard InChI is InChI=1S/C12H16N2.6FH.Sb/c1-11-13(2)8-9-14(11)10-12-6-4-3-5-7-12;;;;;;;/h3-9,11H,10H2,1-2H3;6*1H;/q;;;;;;;+5/p-6. The second kappa shape index (κ2) is 5.30. The summed E-state index contributed by atoms with van der Waals surface area (Å²) in [6.07, 6.45) is 4.74. The summed E-state index contributed by atoms with van der Waals surface area (Å²) in [4.78, 5) is 4.54. The van der Waals surface area contributed by atoms with Gasteiger partial charge in [-0.25, -0.2) is 0 Å². The minimum atomic E-state index is -11.2. The van der Waals surface area contributed by atoms with Crippen LogP contribution in [-0.4, -0.2) is 42.5 Å². The van der Waals surface area contributed by atoms with Crippen LogP contribution in [0.3, 0.4) is 0 Å². The van der Waals surface area contributed by atoms with E-state index in [1.807, 2.05) is 0 Å². The molecule has 122 valence electrons. The van der Waals surface area contributed by atoms with Crippen molar-refractivity contribution in [1.29, 1.82) is 0 Å². The summed E-state index contributed by atoms with van der Waals surface area (Å²) < 4.78 is 59.6. The Hall–Kier alpha value is -1.04. The van der Waals surface area contributed by atoms with Crippen molar-refractivity contribution in [2.45, 2.75) is 19.6 Å². The number of rotatable bonds is 2. The summed E-state index contributed by atoms with van der Waals surface area (Å²) >= 11 is -11.2. The predicted octanol–water partition coefficient (Wildman–Crippen LogP) is 4.39. The molecule has 1 unspecified atom stereocenters. The second-order valence-electron chi connectivity index (χ2n) is 4.71. The molecule has 0 fully saturated rings. The molecule has 2 nitrogen and oxygen atoms in total. The average Bonchev–Trinajstić information content (AvgIpc) is 2.58. The van der Waals surface area contributed by atoms with Gasteiger partial charge in [0.25, 0.3) is 0 Å². The molecule has 1 heterocycles. The van der Waals surface area contributed by atoms with Crippen LogP contribution < -0.4 is 0 Å². The van der Waals surface area contributed by atoms with Gasteiger partial charge < -0.3 is 9.80 Å². The van der Waals surface area contributed by atoms with Crippen molar-refractivity contribution in [3.8, 4) is 0 Å². The third kappa shape index (κ3) is 9.50. The molecule has 1 aromatic carbocycles. The van der Waals surface area contributed by atoms with Crippen molar-refractivity contribution in [2.75, 3.05) is 7.05 Å². The Kier molecular flexibility index (Phi) is 4.55. The molecule has 1 atom stereocenters. The van der Waals surface area contributed by atoms with E-state index in [4.69, 9.17) is 0 Å². The van der Waals surface area contributed by atoms with Crippen molar-refractivity contribution in [2.24, 2.45) is 0 Å². The van der Waals surface area contributed by atoms with Gasteiger partial charge in [0.2, 0.25) is 0 Å². The van der Waals surface area contributed by atoms with Crippen molar-refractivity contribution >= 4 is 19.5 Å². The molecule has 0 saturated heterocycles. The zero-order valence-corrected chi connectivity index (χ0v) is 14.0. The molecule has 2 rings (SSSR count). The first kappa shape index (κ1) is 18.0. The number of benzene rings is 1. The summed E-state index contributed by atoms with van der Waals surface area (Å²) in [5, 5.41) is 0. The summed E-state index contributed by atoms with van der Waals surface area (Å²) in [7, 11) is 2.10. The van der Waals surface area contributed by atoms with E-state index >= 15 is 0 Å². The number of hydrogen-bond donors (Lipinski definition) is 0. The average molecular weight is 424 g/mol. The minimum absolute atomic E-state index is 0.468. The van der Waals surface area contributed by atoms with E-state index < -0.39 is 19.5 Å². The summed E-state index contributed by atoms with van der Waals surface area (Å²) in [6.45, 7) is 3.20. The topological polar surface area (TPSA) is 6.48 Å². The maximum atomic E-state index is 9.93. The SMILES string of the molecule is CC1N(C)C=CN1Cc1ccccc1.[F][Sb-]([F])([F])([F])([F])[F]. The quantitative estimate of drug-likeness (QED) is 0.514. The Bertz CT molecular complexity index is 487. The van der Waals surface area contributed by atoms with Crippen LogP contribution in [0.4, 0.5) is 16.9 Å². The van der Waals surface area contributed by atoms with E-state index in [0.29, 0.717) is 6.17 Å². The first-order valence-corrected chi connectivity index (χ1v) is 11.8. The van der Waals surface area contributed by atoms with Gasteiger partial charge in [0, 0.05) is 26.0 Å². The van der Waals surface area contributed by atoms with Crippen molar-refractivity contribution in [1.82, 2.24) is 9.80 Å². The van der Waals surface area contributed by atoms with Gasteiger partial charge in [0.05, 0.1) is 6.17 Å². The van der Waals surface area contributed by atoms with E-state index in [0.717, 1.165) is 6.54 Å². The Morgan fingerprint density at radius 1 is 0.952 bits per heavy atom. The fraction of sp³-hybridized carbons (Fsp3) is 0.333. The molecule has 0 amide bonds. The van der Waals surface area contributed by atoms with Gasteiger partial charge in [0.1, 0.15) is 0 Å². The van der Waals surface area contributed by atoms with Crippen LogP contribution in [0.2, 0.25) is 0 Å². The molecular weight excluding hydrogens is 408 g/mol. The van der Waals surface area contributed by atoms with Crippen LogP contribution in [-0.2, 0) is 6.54 Å². The van der Waals surface area contributed by atoms with Crippen LogP contribution in [0.5, 0.6) is 0 Å².